The number of furan rings is 1. The van der Waals surface area contributed by atoms with E-state index in [9.17, 15) is 18.0 Å². The molecule has 0 bridgehead atoms. The van der Waals surface area contributed by atoms with E-state index in [0.29, 0.717) is 6.54 Å². The predicted molar refractivity (Wildman–Crippen MR) is 117 cm³/mol. The third kappa shape index (κ3) is 4.91. The van der Waals surface area contributed by atoms with Gasteiger partial charge in [0.1, 0.15) is 0 Å². The van der Waals surface area contributed by atoms with Crippen molar-refractivity contribution < 1.29 is 27.2 Å². The van der Waals surface area contributed by atoms with Gasteiger partial charge in [-0.05, 0) is 36.6 Å². The van der Waals surface area contributed by atoms with Gasteiger partial charge in [0.05, 0.1) is 16.9 Å². The summed E-state index contributed by atoms with van der Waals surface area (Å²) in [6.07, 6.45) is 3.20. The van der Waals surface area contributed by atoms with Crippen molar-refractivity contribution >= 4 is 21.7 Å². The Morgan fingerprint density at radius 3 is 2.28 bits per heavy atom. The fraction of sp³-hybridized carbons (Fsp3) is 0.250. The highest BCUT2D eigenvalue weighted by Crippen LogP contribution is 2.47. The van der Waals surface area contributed by atoms with E-state index in [1.165, 1.54) is 30.0 Å². The summed E-state index contributed by atoms with van der Waals surface area (Å²) >= 11 is 0. The molecule has 0 saturated heterocycles. The highest BCUT2D eigenvalue weighted by molar-refractivity contribution is 7.90. The standard InChI is InChI=1S/C24H23NO6S/c26-21(25-17-24(12-13-24)19-7-3-1-4-8-19)15-31-23(27)22-18(11-14-30-22)16-32(28,29)20-9-5-2-6-10-20/h1-11,14H,12-13,15-17H2,(H,25,26). The van der Waals surface area contributed by atoms with Crippen LogP contribution in [0.25, 0.3) is 0 Å². The van der Waals surface area contributed by atoms with Crippen molar-refractivity contribution in [1.82, 2.24) is 5.32 Å². The van der Waals surface area contributed by atoms with Crippen molar-refractivity contribution in [2.75, 3.05) is 13.2 Å². The van der Waals surface area contributed by atoms with Gasteiger partial charge in [0.15, 0.2) is 16.4 Å². The van der Waals surface area contributed by atoms with Crippen LogP contribution in [0.3, 0.4) is 0 Å². The number of nitrogens with one attached hydrogen (secondary N) is 1. The van der Waals surface area contributed by atoms with Crippen LogP contribution < -0.4 is 5.32 Å². The second kappa shape index (κ2) is 9.00. The number of hydrogen-bond acceptors (Lipinski definition) is 6. The van der Waals surface area contributed by atoms with E-state index in [4.69, 9.17) is 9.15 Å². The van der Waals surface area contributed by atoms with Crippen LogP contribution in [0.15, 0.2) is 82.3 Å². The molecule has 0 radical (unpaired) electrons. The molecule has 1 saturated carbocycles. The van der Waals surface area contributed by atoms with Gasteiger partial charge >= 0.3 is 5.97 Å². The molecule has 7 nitrogen and oxygen atoms in total. The van der Waals surface area contributed by atoms with E-state index in [0.717, 1.165) is 12.8 Å². The van der Waals surface area contributed by atoms with Crippen molar-refractivity contribution in [2.45, 2.75) is 28.9 Å². The lowest BCUT2D eigenvalue weighted by Gasteiger charge is -2.16. The molecule has 1 aromatic heterocycles. The Morgan fingerprint density at radius 1 is 0.969 bits per heavy atom. The topological polar surface area (TPSA) is 103 Å². The molecule has 8 heteroatoms. The first-order chi connectivity index (χ1) is 15.4. The zero-order valence-corrected chi connectivity index (χ0v) is 18.1. The normalized spacial score (nSPS) is 14.5. The first-order valence-corrected chi connectivity index (χ1v) is 11.9. The summed E-state index contributed by atoms with van der Waals surface area (Å²) in [5.74, 6) is -1.94. The maximum absolute atomic E-state index is 12.6. The molecule has 1 fully saturated rings. The average molecular weight is 454 g/mol. The number of ether oxygens (including phenoxy) is 1. The summed E-state index contributed by atoms with van der Waals surface area (Å²) < 4.78 is 35.4. The fourth-order valence-corrected chi connectivity index (χ4v) is 4.95. The van der Waals surface area contributed by atoms with Crippen molar-refractivity contribution in [3.63, 3.8) is 0 Å². The number of esters is 1. The van der Waals surface area contributed by atoms with Gasteiger partial charge in [-0.3, -0.25) is 4.79 Å². The minimum Gasteiger partial charge on any atom is -0.457 e. The molecule has 2 aromatic carbocycles. The second-order valence-electron chi connectivity index (χ2n) is 7.85. The first kappa shape index (κ1) is 21.8. The third-order valence-corrected chi connectivity index (χ3v) is 7.26. The third-order valence-electron chi connectivity index (χ3n) is 5.58. The number of sulfone groups is 1. The molecule has 1 heterocycles. The predicted octanol–water partition coefficient (Wildman–Crippen LogP) is 3.26. The summed E-state index contributed by atoms with van der Waals surface area (Å²) in [5, 5.41) is 2.82. The summed E-state index contributed by atoms with van der Waals surface area (Å²) in [4.78, 5) is 24.8. The average Bonchev–Trinajstić information content (AvgIpc) is 3.48. The number of hydrogen-bond donors (Lipinski definition) is 1. The van der Waals surface area contributed by atoms with Crippen LogP contribution in [-0.2, 0) is 30.5 Å². The van der Waals surface area contributed by atoms with Gasteiger partial charge in [-0.15, -0.1) is 0 Å². The van der Waals surface area contributed by atoms with Crippen LogP contribution in [0.2, 0.25) is 0 Å². The van der Waals surface area contributed by atoms with E-state index in [1.54, 1.807) is 18.2 Å². The summed E-state index contributed by atoms with van der Waals surface area (Å²) in [5.41, 5.74) is 1.30. The van der Waals surface area contributed by atoms with Gasteiger partial charge in [0.2, 0.25) is 5.76 Å². The Kier molecular flexibility index (Phi) is 6.14. The van der Waals surface area contributed by atoms with Gasteiger partial charge in [0.25, 0.3) is 5.91 Å². The largest absolute Gasteiger partial charge is 0.457 e. The highest BCUT2D eigenvalue weighted by Gasteiger charge is 2.44. The Labute approximate surface area is 186 Å². The molecule has 0 aliphatic heterocycles. The number of carbonyl (C=O) groups excluding carboxylic acids is 2. The SMILES string of the molecule is O=C(COC(=O)c1occc1CS(=O)(=O)c1ccccc1)NCC1(c2ccccc2)CC1. The smallest absolute Gasteiger partial charge is 0.375 e. The lowest BCUT2D eigenvalue weighted by atomic mass is 9.96. The summed E-state index contributed by atoms with van der Waals surface area (Å²) in [6.45, 7) is -0.00992. The van der Waals surface area contributed by atoms with E-state index in [2.05, 4.69) is 5.32 Å². The molecule has 166 valence electrons. The summed E-state index contributed by atoms with van der Waals surface area (Å²) in [7, 11) is -3.66. The van der Waals surface area contributed by atoms with Crippen LogP contribution >= 0.6 is 0 Å². The Balaban J connectivity index is 1.32. The Hall–Kier alpha value is -3.39. The van der Waals surface area contributed by atoms with Gasteiger partial charge in [-0.25, -0.2) is 13.2 Å². The number of rotatable bonds is 9. The minimum absolute atomic E-state index is 0.0547. The summed E-state index contributed by atoms with van der Waals surface area (Å²) in [6, 6.07) is 19.3. The fourth-order valence-electron chi connectivity index (χ4n) is 3.57. The Morgan fingerprint density at radius 2 is 1.62 bits per heavy atom. The van der Waals surface area contributed by atoms with Crippen molar-refractivity contribution in [1.29, 1.82) is 0 Å². The molecule has 0 unspecified atom stereocenters. The number of benzene rings is 2. The van der Waals surface area contributed by atoms with Gasteiger partial charge < -0.3 is 14.5 Å². The van der Waals surface area contributed by atoms with Gasteiger partial charge in [-0.2, -0.15) is 0 Å². The van der Waals surface area contributed by atoms with Crippen molar-refractivity contribution in [2.24, 2.45) is 0 Å². The number of amides is 1. The van der Waals surface area contributed by atoms with E-state index in [-0.39, 0.29) is 21.6 Å². The molecule has 1 amide bonds. The van der Waals surface area contributed by atoms with Crippen LogP contribution in [0.5, 0.6) is 0 Å². The molecule has 0 atom stereocenters. The molecular formula is C24H23NO6S. The molecular weight excluding hydrogens is 430 g/mol. The highest BCUT2D eigenvalue weighted by atomic mass is 32.2. The van der Waals surface area contributed by atoms with E-state index < -0.39 is 34.1 Å². The first-order valence-electron chi connectivity index (χ1n) is 10.2. The molecule has 1 aliphatic carbocycles. The minimum atomic E-state index is -3.66. The zero-order chi connectivity index (χ0) is 22.6. The molecule has 1 aliphatic rings. The van der Waals surface area contributed by atoms with Crippen molar-refractivity contribution in [3.05, 3.63) is 89.9 Å². The van der Waals surface area contributed by atoms with E-state index in [1.807, 2.05) is 30.3 Å². The lowest BCUT2D eigenvalue weighted by Crippen LogP contribution is -2.35. The lowest BCUT2D eigenvalue weighted by molar-refractivity contribution is -0.124. The molecule has 4 rings (SSSR count). The molecule has 32 heavy (non-hydrogen) atoms. The van der Waals surface area contributed by atoms with Gasteiger partial charge in [0, 0.05) is 17.5 Å². The molecule has 3 aromatic rings. The zero-order valence-electron chi connectivity index (χ0n) is 17.3. The van der Waals surface area contributed by atoms with Crippen molar-refractivity contribution in [3.8, 4) is 0 Å². The molecule has 1 N–H and O–H groups in total. The Bertz CT molecular complexity index is 1200. The second-order valence-corrected chi connectivity index (χ2v) is 9.84. The van der Waals surface area contributed by atoms with Crippen LogP contribution in [-0.4, -0.2) is 33.4 Å². The monoisotopic (exact) mass is 453 g/mol. The van der Waals surface area contributed by atoms with Crippen LogP contribution in [0, 0.1) is 0 Å². The maximum Gasteiger partial charge on any atom is 0.375 e. The van der Waals surface area contributed by atoms with E-state index >= 15 is 0 Å². The quantitative estimate of drug-likeness (QED) is 0.499. The van der Waals surface area contributed by atoms with Crippen LogP contribution in [0.4, 0.5) is 0 Å². The number of carbonyl (C=O) groups is 2. The maximum atomic E-state index is 12.6. The molecule has 0 spiro atoms. The van der Waals surface area contributed by atoms with Crippen LogP contribution in [0.1, 0.15) is 34.5 Å². The van der Waals surface area contributed by atoms with Gasteiger partial charge in [-0.1, -0.05) is 48.5 Å².